The Hall–Kier alpha value is -3.71. The van der Waals surface area contributed by atoms with Crippen LogP contribution in [-0.2, 0) is 28.4 Å². The Balaban J connectivity index is 1.27. The van der Waals surface area contributed by atoms with E-state index >= 15 is 0 Å². The van der Waals surface area contributed by atoms with E-state index in [1.807, 2.05) is 36.5 Å². The highest BCUT2D eigenvalue weighted by molar-refractivity contribution is 7.89. The molecule has 1 heterocycles. The Morgan fingerprint density at radius 3 is 1.78 bits per heavy atom. The van der Waals surface area contributed by atoms with Crippen molar-refractivity contribution in [2.24, 2.45) is 0 Å². The van der Waals surface area contributed by atoms with Crippen molar-refractivity contribution in [1.82, 2.24) is 14.7 Å². The zero-order chi connectivity index (χ0) is 28.5. The SMILES string of the molecule is O=S(=O)(CCCCCc1c[nH]c(C(c2ccccc2)(c2ccccc2)c2ccccc2)n1)NCc1ccc(Cl)cc1. The van der Waals surface area contributed by atoms with Gasteiger partial charge in [0.15, 0.2) is 0 Å². The molecule has 0 unspecified atom stereocenters. The number of sulfonamides is 1. The van der Waals surface area contributed by atoms with Gasteiger partial charge >= 0.3 is 0 Å². The highest BCUT2D eigenvalue weighted by atomic mass is 35.5. The Kier molecular flexibility index (Phi) is 9.35. The van der Waals surface area contributed by atoms with Gasteiger partial charge in [-0.2, -0.15) is 0 Å². The van der Waals surface area contributed by atoms with E-state index in [1.54, 1.807) is 12.1 Å². The molecule has 0 aliphatic heterocycles. The van der Waals surface area contributed by atoms with Crippen LogP contribution in [0.15, 0.2) is 121 Å². The molecule has 0 aliphatic carbocycles. The number of hydrogen-bond donors (Lipinski definition) is 2. The Labute approximate surface area is 247 Å². The van der Waals surface area contributed by atoms with Crippen LogP contribution < -0.4 is 4.72 Å². The van der Waals surface area contributed by atoms with E-state index in [-0.39, 0.29) is 12.3 Å². The summed E-state index contributed by atoms with van der Waals surface area (Å²) in [5.41, 5.74) is 4.64. The molecule has 4 aromatic carbocycles. The second-order valence-corrected chi connectivity index (χ2v) is 12.5. The molecule has 5 rings (SSSR count). The molecule has 0 fully saturated rings. The average molecular weight is 584 g/mol. The van der Waals surface area contributed by atoms with E-state index in [0.717, 1.165) is 53.0 Å². The van der Waals surface area contributed by atoms with Crippen LogP contribution in [0.4, 0.5) is 0 Å². The predicted octanol–water partition coefficient (Wildman–Crippen LogP) is 7.28. The average Bonchev–Trinajstić information content (AvgIpc) is 3.48. The fourth-order valence-corrected chi connectivity index (χ4v) is 6.54. The second-order valence-electron chi connectivity index (χ2n) is 10.2. The van der Waals surface area contributed by atoms with Gasteiger partial charge in [-0.25, -0.2) is 18.1 Å². The molecule has 0 spiro atoms. The van der Waals surface area contributed by atoms with Crippen LogP contribution in [-0.4, -0.2) is 24.1 Å². The van der Waals surface area contributed by atoms with Crippen LogP contribution in [0.1, 0.15) is 53.0 Å². The van der Waals surface area contributed by atoms with Crippen molar-refractivity contribution in [2.45, 2.75) is 37.6 Å². The molecule has 0 atom stereocenters. The monoisotopic (exact) mass is 583 g/mol. The summed E-state index contributed by atoms with van der Waals surface area (Å²) >= 11 is 5.91. The number of nitrogens with zero attached hydrogens (tertiary/aromatic N) is 1. The maximum Gasteiger partial charge on any atom is 0.211 e. The molecule has 210 valence electrons. The summed E-state index contributed by atoms with van der Waals surface area (Å²) in [6.45, 7) is 0.265. The number of unbranched alkanes of at least 4 members (excludes halogenated alkanes) is 2. The number of hydrogen-bond acceptors (Lipinski definition) is 3. The minimum absolute atomic E-state index is 0.103. The van der Waals surface area contributed by atoms with Crippen molar-refractivity contribution in [2.75, 3.05) is 5.75 Å². The number of aromatic amines is 1. The topological polar surface area (TPSA) is 74.8 Å². The van der Waals surface area contributed by atoms with Gasteiger partial charge in [-0.15, -0.1) is 0 Å². The zero-order valence-corrected chi connectivity index (χ0v) is 24.4. The molecule has 5 aromatic rings. The van der Waals surface area contributed by atoms with Gasteiger partial charge in [0.1, 0.15) is 11.2 Å². The van der Waals surface area contributed by atoms with Crippen LogP contribution in [0.3, 0.4) is 0 Å². The van der Waals surface area contributed by atoms with Gasteiger partial charge in [-0.05, 0) is 53.6 Å². The van der Waals surface area contributed by atoms with Crippen molar-refractivity contribution in [3.63, 3.8) is 0 Å². The number of benzene rings is 4. The number of halogens is 1. The fourth-order valence-electron chi connectivity index (χ4n) is 5.30. The van der Waals surface area contributed by atoms with Crippen LogP contribution >= 0.6 is 11.6 Å². The minimum atomic E-state index is -3.35. The molecule has 5 nitrogen and oxygen atoms in total. The lowest BCUT2D eigenvalue weighted by molar-refractivity contribution is 0.575. The van der Waals surface area contributed by atoms with E-state index in [0.29, 0.717) is 11.4 Å². The largest absolute Gasteiger partial charge is 0.347 e. The summed E-state index contributed by atoms with van der Waals surface area (Å²) in [5, 5.41) is 0.631. The van der Waals surface area contributed by atoms with Gasteiger partial charge in [0.05, 0.1) is 11.4 Å². The molecule has 0 aliphatic rings. The standard InChI is InChI=1S/C34H34ClN3O2S/c35-31-22-20-27(21-23-31)25-37-41(39,40)24-12-4-11-19-32-26-36-33(38-32)34(28-13-5-1-6-14-28,29-15-7-2-8-16-29)30-17-9-3-10-18-30/h1-3,5-10,13-18,20-23,26,37H,4,11-12,19,24-25H2,(H,36,38). The van der Waals surface area contributed by atoms with Crippen LogP contribution in [0.5, 0.6) is 0 Å². The van der Waals surface area contributed by atoms with E-state index in [1.165, 1.54) is 0 Å². The van der Waals surface area contributed by atoms with Gasteiger partial charge in [-0.3, -0.25) is 0 Å². The quantitative estimate of drug-likeness (QED) is 0.113. The first-order valence-corrected chi connectivity index (χ1v) is 15.9. The normalized spacial score (nSPS) is 11.9. The van der Waals surface area contributed by atoms with Crippen LogP contribution in [0.2, 0.25) is 5.02 Å². The van der Waals surface area contributed by atoms with E-state index < -0.39 is 15.4 Å². The molecule has 0 radical (unpaired) electrons. The van der Waals surface area contributed by atoms with Crippen molar-refractivity contribution in [3.8, 4) is 0 Å². The summed E-state index contributed by atoms with van der Waals surface area (Å²) in [4.78, 5) is 8.65. The lowest BCUT2D eigenvalue weighted by Gasteiger charge is -2.34. The first kappa shape index (κ1) is 28.8. The van der Waals surface area contributed by atoms with E-state index in [9.17, 15) is 8.42 Å². The smallest absolute Gasteiger partial charge is 0.211 e. The molecular weight excluding hydrogens is 550 g/mol. The van der Waals surface area contributed by atoms with Crippen molar-refractivity contribution < 1.29 is 8.42 Å². The highest BCUT2D eigenvalue weighted by Gasteiger charge is 2.40. The second kappa shape index (κ2) is 13.3. The fraction of sp³-hybridized carbons (Fsp3) is 0.206. The van der Waals surface area contributed by atoms with Gasteiger partial charge in [0, 0.05) is 17.8 Å². The number of nitrogens with one attached hydrogen (secondary N) is 2. The number of rotatable bonds is 13. The Morgan fingerprint density at radius 2 is 1.24 bits per heavy atom. The molecule has 0 saturated carbocycles. The molecule has 0 bridgehead atoms. The molecule has 0 amide bonds. The third-order valence-electron chi connectivity index (χ3n) is 7.36. The molecular formula is C34H34ClN3O2S. The third-order valence-corrected chi connectivity index (χ3v) is 9.02. The number of aryl methyl sites for hydroxylation is 1. The molecule has 7 heteroatoms. The minimum Gasteiger partial charge on any atom is -0.347 e. The van der Waals surface area contributed by atoms with Crippen molar-refractivity contribution in [1.29, 1.82) is 0 Å². The zero-order valence-electron chi connectivity index (χ0n) is 22.8. The van der Waals surface area contributed by atoms with Crippen LogP contribution in [0.25, 0.3) is 0 Å². The summed E-state index contributed by atoms with van der Waals surface area (Å²) in [5.74, 6) is 0.969. The summed E-state index contributed by atoms with van der Waals surface area (Å²) in [6, 6.07) is 38.6. The van der Waals surface area contributed by atoms with E-state index in [2.05, 4.69) is 82.5 Å². The van der Waals surface area contributed by atoms with E-state index in [4.69, 9.17) is 16.6 Å². The van der Waals surface area contributed by atoms with Crippen LogP contribution in [0, 0.1) is 0 Å². The lowest BCUT2D eigenvalue weighted by atomic mass is 9.69. The molecule has 0 saturated heterocycles. The maximum atomic E-state index is 12.5. The Morgan fingerprint density at radius 1 is 0.707 bits per heavy atom. The van der Waals surface area contributed by atoms with Gasteiger partial charge < -0.3 is 4.98 Å². The highest BCUT2D eigenvalue weighted by Crippen LogP contribution is 2.43. The number of imidazole rings is 1. The first-order chi connectivity index (χ1) is 20.0. The van der Waals surface area contributed by atoms with Gasteiger partial charge in [-0.1, -0.05) is 121 Å². The predicted molar refractivity (Wildman–Crippen MR) is 167 cm³/mol. The number of aromatic nitrogens is 2. The summed E-state index contributed by atoms with van der Waals surface area (Å²) < 4.78 is 27.6. The van der Waals surface area contributed by atoms with Crippen molar-refractivity contribution in [3.05, 3.63) is 160 Å². The number of H-pyrrole nitrogens is 1. The third kappa shape index (κ3) is 6.96. The first-order valence-electron chi connectivity index (χ1n) is 13.9. The Bertz CT molecular complexity index is 1530. The molecule has 1 aromatic heterocycles. The molecule has 2 N–H and O–H groups in total. The van der Waals surface area contributed by atoms with Gasteiger partial charge in [0.25, 0.3) is 0 Å². The van der Waals surface area contributed by atoms with Gasteiger partial charge in [0.2, 0.25) is 10.0 Å². The lowest BCUT2D eigenvalue weighted by Crippen LogP contribution is -2.32. The van der Waals surface area contributed by atoms with Crippen molar-refractivity contribution >= 4 is 21.6 Å². The summed E-state index contributed by atoms with van der Waals surface area (Å²) in [6.07, 6.45) is 5.00. The molecule has 41 heavy (non-hydrogen) atoms. The maximum absolute atomic E-state index is 12.5. The summed E-state index contributed by atoms with van der Waals surface area (Å²) in [7, 11) is -3.35.